The zero-order valence-electron chi connectivity index (χ0n) is 14.1. The Morgan fingerprint density at radius 2 is 2.08 bits per heavy atom. The molecule has 0 fully saturated rings. The van der Waals surface area contributed by atoms with Gasteiger partial charge in [0.2, 0.25) is 0 Å². The van der Waals surface area contributed by atoms with E-state index in [4.69, 9.17) is 4.74 Å². The molecular weight excluding hydrogens is 322 g/mol. The lowest BCUT2D eigenvalue weighted by molar-refractivity contribution is 0.0589. The van der Waals surface area contributed by atoms with Crippen molar-refractivity contribution in [2.75, 3.05) is 12.4 Å². The van der Waals surface area contributed by atoms with E-state index in [-0.39, 0.29) is 5.91 Å². The second-order valence-corrected chi connectivity index (χ2v) is 5.41. The van der Waals surface area contributed by atoms with E-state index in [1.165, 1.54) is 13.3 Å². The maximum absolute atomic E-state index is 12.5. The molecule has 3 rings (SSSR count). The van der Waals surface area contributed by atoms with E-state index >= 15 is 0 Å². The fourth-order valence-corrected chi connectivity index (χ4v) is 2.48. The Labute approximate surface area is 144 Å². The first kappa shape index (κ1) is 16.4. The van der Waals surface area contributed by atoms with E-state index in [0.717, 1.165) is 0 Å². The molecule has 0 aliphatic rings. The molecule has 8 heteroatoms. The van der Waals surface area contributed by atoms with Crippen LogP contribution in [0.15, 0.2) is 42.9 Å². The number of aryl methyl sites for hydroxylation is 1. The van der Waals surface area contributed by atoms with E-state index < -0.39 is 5.97 Å². The Morgan fingerprint density at radius 1 is 1.28 bits per heavy atom. The lowest BCUT2D eigenvalue weighted by atomic mass is 10.2. The third-order valence-electron chi connectivity index (χ3n) is 3.78. The molecule has 25 heavy (non-hydrogen) atoms. The molecule has 0 aromatic carbocycles. The fourth-order valence-electron chi connectivity index (χ4n) is 2.48. The molecule has 0 radical (unpaired) electrons. The summed E-state index contributed by atoms with van der Waals surface area (Å²) in [6.45, 7) is 1.79. The zero-order chi connectivity index (χ0) is 18.0. The van der Waals surface area contributed by atoms with Gasteiger partial charge < -0.3 is 14.6 Å². The highest BCUT2D eigenvalue weighted by molar-refractivity contribution is 6.05. The molecule has 8 nitrogen and oxygen atoms in total. The number of hydrogen-bond donors (Lipinski definition) is 1. The predicted octanol–water partition coefficient (Wildman–Crippen LogP) is 1.95. The van der Waals surface area contributed by atoms with Crippen molar-refractivity contribution in [3.63, 3.8) is 0 Å². The molecule has 0 aliphatic heterocycles. The number of anilines is 1. The van der Waals surface area contributed by atoms with Crippen molar-refractivity contribution in [3.05, 3.63) is 59.8 Å². The number of rotatable bonds is 4. The van der Waals surface area contributed by atoms with E-state index in [2.05, 4.69) is 15.4 Å². The molecule has 0 spiro atoms. The SMILES string of the molecule is COC(=O)c1cc(NC(=O)c2cnn(-c3ccccn3)c2C)cn1C. The fraction of sp³-hybridized carbons (Fsp3) is 0.176. The van der Waals surface area contributed by atoms with Gasteiger partial charge in [0.05, 0.1) is 30.3 Å². The van der Waals surface area contributed by atoms with Crippen molar-refractivity contribution in [1.82, 2.24) is 19.3 Å². The largest absolute Gasteiger partial charge is 0.464 e. The molecular formula is C17H17N5O3. The van der Waals surface area contributed by atoms with Gasteiger partial charge in [-0.15, -0.1) is 0 Å². The number of nitrogens with zero attached hydrogens (tertiary/aromatic N) is 4. The summed E-state index contributed by atoms with van der Waals surface area (Å²) in [4.78, 5) is 28.4. The average Bonchev–Trinajstić information content (AvgIpc) is 3.17. The molecule has 0 saturated heterocycles. The van der Waals surface area contributed by atoms with Crippen LogP contribution in [0.5, 0.6) is 0 Å². The van der Waals surface area contributed by atoms with Crippen LogP contribution in [-0.2, 0) is 11.8 Å². The van der Waals surface area contributed by atoms with Crippen molar-refractivity contribution in [2.45, 2.75) is 6.92 Å². The van der Waals surface area contributed by atoms with Gasteiger partial charge in [0.1, 0.15) is 5.69 Å². The Balaban J connectivity index is 1.83. The van der Waals surface area contributed by atoms with Crippen molar-refractivity contribution in [1.29, 1.82) is 0 Å². The van der Waals surface area contributed by atoms with Gasteiger partial charge in [-0.3, -0.25) is 4.79 Å². The number of methoxy groups -OCH3 is 1. The smallest absolute Gasteiger partial charge is 0.354 e. The number of pyridine rings is 1. The minimum atomic E-state index is -0.470. The van der Waals surface area contributed by atoms with Crippen LogP contribution in [-0.4, -0.2) is 38.3 Å². The monoisotopic (exact) mass is 339 g/mol. The Morgan fingerprint density at radius 3 is 2.76 bits per heavy atom. The Bertz CT molecular complexity index is 927. The molecule has 128 valence electrons. The van der Waals surface area contributed by atoms with Crippen LogP contribution in [0.4, 0.5) is 5.69 Å². The van der Waals surface area contributed by atoms with Gasteiger partial charge in [-0.2, -0.15) is 5.10 Å². The number of esters is 1. The van der Waals surface area contributed by atoms with Gasteiger partial charge in [0.15, 0.2) is 5.82 Å². The second-order valence-electron chi connectivity index (χ2n) is 5.41. The van der Waals surface area contributed by atoms with Crippen molar-refractivity contribution < 1.29 is 14.3 Å². The normalized spacial score (nSPS) is 10.5. The lowest BCUT2D eigenvalue weighted by Gasteiger charge is -2.04. The van der Waals surface area contributed by atoms with Crippen LogP contribution in [0, 0.1) is 6.92 Å². The van der Waals surface area contributed by atoms with Gasteiger partial charge >= 0.3 is 5.97 Å². The molecule has 0 unspecified atom stereocenters. The summed E-state index contributed by atoms with van der Waals surface area (Å²) in [5.41, 5.74) is 1.94. The number of ether oxygens (including phenoxy) is 1. The van der Waals surface area contributed by atoms with E-state index in [9.17, 15) is 9.59 Å². The maximum Gasteiger partial charge on any atom is 0.354 e. The topological polar surface area (TPSA) is 91.0 Å². The summed E-state index contributed by atoms with van der Waals surface area (Å²) in [7, 11) is 3.01. The van der Waals surface area contributed by atoms with Gasteiger partial charge in [-0.25, -0.2) is 14.5 Å². The van der Waals surface area contributed by atoms with Crippen LogP contribution in [0.1, 0.15) is 26.5 Å². The highest BCUT2D eigenvalue weighted by Gasteiger charge is 2.18. The number of carbonyl (C=O) groups is 2. The van der Waals surface area contributed by atoms with Gasteiger partial charge in [0.25, 0.3) is 5.91 Å². The average molecular weight is 339 g/mol. The van der Waals surface area contributed by atoms with Gasteiger partial charge in [-0.05, 0) is 25.1 Å². The predicted molar refractivity (Wildman–Crippen MR) is 90.8 cm³/mol. The summed E-state index contributed by atoms with van der Waals surface area (Å²) >= 11 is 0. The third-order valence-corrected chi connectivity index (χ3v) is 3.78. The van der Waals surface area contributed by atoms with E-state index in [1.807, 2.05) is 18.2 Å². The summed E-state index contributed by atoms with van der Waals surface area (Å²) in [6, 6.07) is 7.02. The van der Waals surface area contributed by atoms with Crippen LogP contribution < -0.4 is 5.32 Å². The summed E-state index contributed by atoms with van der Waals surface area (Å²) < 4.78 is 7.88. The molecule has 1 N–H and O–H groups in total. The summed E-state index contributed by atoms with van der Waals surface area (Å²) in [6.07, 6.45) is 4.79. The first-order chi connectivity index (χ1) is 12.0. The molecule has 3 aromatic heterocycles. The van der Waals surface area contributed by atoms with Crippen LogP contribution >= 0.6 is 0 Å². The van der Waals surface area contributed by atoms with E-state index in [0.29, 0.717) is 28.5 Å². The second kappa shape index (κ2) is 6.60. The van der Waals surface area contributed by atoms with Crippen LogP contribution in [0.2, 0.25) is 0 Å². The standard InChI is InChI=1S/C17H17N5O3/c1-11-13(9-19-22(11)15-6-4-5-7-18-15)16(23)20-12-8-14(17(24)25-3)21(2)10-12/h4-10H,1-3H3,(H,20,23). The Kier molecular flexibility index (Phi) is 4.34. The third kappa shape index (κ3) is 3.14. The minimum Gasteiger partial charge on any atom is -0.464 e. The molecule has 0 bridgehead atoms. The number of aromatic nitrogens is 4. The molecule has 3 aromatic rings. The molecule has 0 saturated carbocycles. The van der Waals surface area contributed by atoms with Crippen molar-refractivity contribution >= 4 is 17.6 Å². The molecule has 0 aliphatic carbocycles. The zero-order valence-corrected chi connectivity index (χ0v) is 14.1. The quantitative estimate of drug-likeness (QED) is 0.734. The van der Waals surface area contributed by atoms with E-state index in [1.54, 1.807) is 41.7 Å². The number of hydrogen-bond acceptors (Lipinski definition) is 5. The van der Waals surface area contributed by atoms with Crippen molar-refractivity contribution in [2.24, 2.45) is 7.05 Å². The Hall–Kier alpha value is -3.42. The lowest BCUT2D eigenvalue weighted by Crippen LogP contribution is -2.13. The molecule has 0 atom stereocenters. The maximum atomic E-state index is 12.5. The number of nitrogens with one attached hydrogen (secondary N) is 1. The first-order valence-corrected chi connectivity index (χ1v) is 7.53. The van der Waals surface area contributed by atoms with Crippen LogP contribution in [0.25, 0.3) is 5.82 Å². The van der Waals surface area contributed by atoms with Gasteiger partial charge in [-0.1, -0.05) is 6.07 Å². The van der Waals surface area contributed by atoms with Crippen molar-refractivity contribution in [3.8, 4) is 5.82 Å². The highest BCUT2D eigenvalue weighted by atomic mass is 16.5. The molecule has 1 amide bonds. The molecule has 3 heterocycles. The first-order valence-electron chi connectivity index (χ1n) is 7.53. The van der Waals surface area contributed by atoms with Crippen LogP contribution in [0.3, 0.4) is 0 Å². The highest BCUT2D eigenvalue weighted by Crippen LogP contribution is 2.17. The minimum absolute atomic E-state index is 0.318. The number of amides is 1. The number of carbonyl (C=O) groups excluding carboxylic acids is 2. The van der Waals surface area contributed by atoms with Gasteiger partial charge in [0, 0.05) is 19.4 Å². The summed E-state index contributed by atoms with van der Waals surface area (Å²) in [5.74, 6) is -0.157. The summed E-state index contributed by atoms with van der Waals surface area (Å²) in [5, 5.41) is 6.99.